The van der Waals surface area contributed by atoms with E-state index >= 15 is 0 Å². The topological polar surface area (TPSA) is 35.2 Å². The third kappa shape index (κ3) is 5.56. The van der Waals surface area contributed by atoms with Crippen LogP contribution in [0.2, 0.25) is 0 Å². The Labute approximate surface area is 125 Å². The Bertz CT molecular complexity index is 530. The molecule has 0 aromatic heterocycles. The predicted octanol–water partition coefficient (Wildman–Crippen LogP) is 3.80. The van der Waals surface area contributed by atoms with E-state index in [1.165, 1.54) is 6.07 Å². The van der Waals surface area contributed by atoms with E-state index in [0.29, 0.717) is 19.1 Å². The van der Waals surface area contributed by atoms with Gasteiger partial charge in [-0.05, 0) is 61.6 Å². The van der Waals surface area contributed by atoms with Crippen LogP contribution in [0.15, 0.2) is 54.6 Å². The third-order valence-electron chi connectivity index (χ3n) is 3.52. The van der Waals surface area contributed by atoms with Crippen LogP contribution in [0.1, 0.15) is 18.4 Å². The lowest BCUT2D eigenvalue weighted by Crippen LogP contribution is -2.18. The van der Waals surface area contributed by atoms with Gasteiger partial charge < -0.3 is 10.5 Å². The molecule has 2 nitrogen and oxygen atoms in total. The predicted molar refractivity (Wildman–Crippen MR) is 83.8 cm³/mol. The molecule has 0 aliphatic carbocycles. The van der Waals surface area contributed by atoms with Gasteiger partial charge in [0.2, 0.25) is 0 Å². The molecule has 0 amide bonds. The number of rotatable bonds is 8. The van der Waals surface area contributed by atoms with Crippen LogP contribution in [0.3, 0.4) is 0 Å². The lowest BCUT2D eigenvalue weighted by Gasteiger charge is -2.15. The molecule has 2 aromatic carbocycles. The Morgan fingerprint density at radius 1 is 1.05 bits per heavy atom. The van der Waals surface area contributed by atoms with Crippen molar-refractivity contribution in [1.29, 1.82) is 0 Å². The van der Waals surface area contributed by atoms with Crippen molar-refractivity contribution >= 4 is 0 Å². The van der Waals surface area contributed by atoms with Gasteiger partial charge in [0, 0.05) is 0 Å². The van der Waals surface area contributed by atoms with Gasteiger partial charge in [-0.15, -0.1) is 0 Å². The van der Waals surface area contributed by atoms with Crippen molar-refractivity contribution in [1.82, 2.24) is 0 Å². The standard InChI is InChI=1S/C18H22FNO/c19-17-8-4-6-15(13-17)12-16(14-20)7-5-11-21-18-9-2-1-3-10-18/h1-4,6,8-10,13,16H,5,7,11-12,14,20H2. The fourth-order valence-electron chi connectivity index (χ4n) is 2.38. The smallest absolute Gasteiger partial charge is 0.123 e. The number of para-hydroxylation sites is 1. The quantitative estimate of drug-likeness (QED) is 0.749. The highest BCUT2D eigenvalue weighted by atomic mass is 19.1. The second kappa shape index (κ2) is 8.42. The number of ether oxygens (including phenoxy) is 1. The molecule has 0 saturated heterocycles. The molecule has 0 radical (unpaired) electrons. The van der Waals surface area contributed by atoms with E-state index in [9.17, 15) is 4.39 Å². The van der Waals surface area contributed by atoms with Crippen LogP contribution in [0, 0.1) is 11.7 Å². The van der Waals surface area contributed by atoms with Crippen LogP contribution in [-0.4, -0.2) is 13.2 Å². The first kappa shape index (κ1) is 15.5. The highest BCUT2D eigenvalue weighted by molar-refractivity contribution is 5.20. The minimum Gasteiger partial charge on any atom is -0.494 e. The van der Waals surface area contributed by atoms with Crippen molar-refractivity contribution < 1.29 is 9.13 Å². The summed E-state index contributed by atoms with van der Waals surface area (Å²) < 4.78 is 18.8. The van der Waals surface area contributed by atoms with Crippen molar-refractivity contribution in [3.8, 4) is 5.75 Å². The average molecular weight is 287 g/mol. The second-order valence-corrected chi connectivity index (χ2v) is 5.24. The van der Waals surface area contributed by atoms with Crippen LogP contribution >= 0.6 is 0 Å². The van der Waals surface area contributed by atoms with Crippen molar-refractivity contribution in [2.45, 2.75) is 19.3 Å². The molecule has 2 N–H and O–H groups in total. The lowest BCUT2D eigenvalue weighted by molar-refractivity contribution is 0.292. The van der Waals surface area contributed by atoms with Crippen LogP contribution in [-0.2, 0) is 6.42 Å². The summed E-state index contributed by atoms with van der Waals surface area (Å²) >= 11 is 0. The Kier molecular flexibility index (Phi) is 6.22. The van der Waals surface area contributed by atoms with Gasteiger partial charge in [0.15, 0.2) is 0 Å². The SMILES string of the molecule is NCC(CCCOc1ccccc1)Cc1cccc(F)c1. The monoisotopic (exact) mass is 287 g/mol. The summed E-state index contributed by atoms with van der Waals surface area (Å²) in [4.78, 5) is 0. The number of hydrogen-bond acceptors (Lipinski definition) is 2. The number of nitrogens with two attached hydrogens (primary N) is 1. The van der Waals surface area contributed by atoms with Gasteiger partial charge in [0.25, 0.3) is 0 Å². The maximum atomic E-state index is 13.2. The summed E-state index contributed by atoms with van der Waals surface area (Å²) in [6.45, 7) is 1.30. The summed E-state index contributed by atoms with van der Waals surface area (Å²) in [5, 5.41) is 0. The fraction of sp³-hybridized carbons (Fsp3) is 0.333. The molecule has 2 rings (SSSR count). The fourth-order valence-corrected chi connectivity index (χ4v) is 2.38. The summed E-state index contributed by atoms with van der Waals surface area (Å²) in [5.74, 6) is 1.08. The zero-order valence-corrected chi connectivity index (χ0v) is 12.2. The Morgan fingerprint density at radius 2 is 1.86 bits per heavy atom. The zero-order valence-electron chi connectivity index (χ0n) is 12.2. The highest BCUT2D eigenvalue weighted by Crippen LogP contribution is 2.15. The number of benzene rings is 2. The molecule has 21 heavy (non-hydrogen) atoms. The van der Waals surface area contributed by atoms with Crippen LogP contribution in [0.4, 0.5) is 4.39 Å². The largest absolute Gasteiger partial charge is 0.494 e. The Hall–Kier alpha value is -1.87. The maximum absolute atomic E-state index is 13.2. The summed E-state index contributed by atoms with van der Waals surface area (Å²) in [6, 6.07) is 16.5. The maximum Gasteiger partial charge on any atom is 0.123 e. The van der Waals surface area contributed by atoms with E-state index < -0.39 is 0 Å². The first-order valence-electron chi connectivity index (χ1n) is 7.40. The van der Waals surface area contributed by atoms with Crippen LogP contribution in [0.5, 0.6) is 5.75 Å². The normalized spacial score (nSPS) is 12.1. The Balaban J connectivity index is 1.72. The van der Waals surface area contributed by atoms with Crippen LogP contribution < -0.4 is 10.5 Å². The van der Waals surface area contributed by atoms with Gasteiger partial charge in [-0.25, -0.2) is 4.39 Å². The molecule has 0 aliphatic heterocycles. The van der Waals surface area contributed by atoms with Crippen molar-refractivity contribution in [3.05, 3.63) is 66.0 Å². The molecule has 112 valence electrons. The Morgan fingerprint density at radius 3 is 2.57 bits per heavy atom. The summed E-state index contributed by atoms with van der Waals surface area (Å²) in [6.07, 6.45) is 2.76. The average Bonchev–Trinajstić information content (AvgIpc) is 2.51. The van der Waals surface area contributed by atoms with Crippen molar-refractivity contribution in [3.63, 3.8) is 0 Å². The molecule has 1 unspecified atom stereocenters. The summed E-state index contributed by atoms with van der Waals surface area (Å²) in [5.41, 5.74) is 6.83. The van der Waals surface area contributed by atoms with Gasteiger partial charge in [0.05, 0.1) is 6.61 Å². The van der Waals surface area contributed by atoms with Gasteiger partial charge in [0.1, 0.15) is 11.6 Å². The van der Waals surface area contributed by atoms with E-state index in [0.717, 1.165) is 30.6 Å². The second-order valence-electron chi connectivity index (χ2n) is 5.24. The molecule has 1 atom stereocenters. The zero-order chi connectivity index (χ0) is 14.9. The lowest BCUT2D eigenvalue weighted by atomic mass is 9.95. The first-order chi connectivity index (χ1) is 10.3. The number of hydrogen-bond donors (Lipinski definition) is 1. The number of halogens is 1. The molecule has 0 spiro atoms. The molecule has 0 aliphatic rings. The minimum absolute atomic E-state index is 0.185. The molecule has 2 aromatic rings. The molecule has 0 heterocycles. The molecule has 0 bridgehead atoms. The summed E-state index contributed by atoms with van der Waals surface area (Å²) in [7, 11) is 0. The van der Waals surface area contributed by atoms with Gasteiger partial charge in [-0.2, -0.15) is 0 Å². The van der Waals surface area contributed by atoms with E-state index in [4.69, 9.17) is 10.5 Å². The third-order valence-corrected chi connectivity index (χ3v) is 3.52. The molecule has 3 heteroatoms. The highest BCUT2D eigenvalue weighted by Gasteiger charge is 2.08. The van der Waals surface area contributed by atoms with E-state index in [2.05, 4.69) is 0 Å². The van der Waals surface area contributed by atoms with Gasteiger partial charge in [-0.1, -0.05) is 30.3 Å². The van der Waals surface area contributed by atoms with Gasteiger partial charge in [-0.3, -0.25) is 0 Å². The van der Waals surface area contributed by atoms with E-state index in [-0.39, 0.29) is 5.82 Å². The minimum atomic E-state index is -0.185. The van der Waals surface area contributed by atoms with Crippen molar-refractivity contribution in [2.75, 3.05) is 13.2 Å². The molecular weight excluding hydrogens is 265 g/mol. The first-order valence-corrected chi connectivity index (χ1v) is 7.40. The molecular formula is C18H22FNO. The molecule has 0 saturated carbocycles. The van der Waals surface area contributed by atoms with E-state index in [1.807, 2.05) is 36.4 Å². The van der Waals surface area contributed by atoms with E-state index in [1.54, 1.807) is 12.1 Å². The van der Waals surface area contributed by atoms with Gasteiger partial charge >= 0.3 is 0 Å². The van der Waals surface area contributed by atoms with Crippen LogP contribution in [0.25, 0.3) is 0 Å². The van der Waals surface area contributed by atoms with Crippen molar-refractivity contribution in [2.24, 2.45) is 11.7 Å². The molecule has 0 fully saturated rings.